The van der Waals surface area contributed by atoms with E-state index in [0.29, 0.717) is 5.69 Å². The Morgan fingerprint density at radius 3 is 3.00 bits per heavy atom. The SMILES string of the molecule is CC(C)N(C(=O)c1csc(-c2cnc3ccccn23)n1)[C@H]1CCNC1.Cl. The minimum Gasteiger partial charge on any atom is -0.331 e. The van der Waals surface area contributed by atoms with Crippen LogP contribution in [-0.2, 0) is 0 Å². The quantitative estimate of drug-likeness (QED) is 0.742. The zero-order valence-corrected chi connectivity index (χ0v) is 16.4. The van der Waals surface area contributed by atoms with Gasteiger partial charge < -0.3 is 10.2 Å². The highest BCUT2D eigenvalue weighted by Gasteiger charge is 2.30. The molecule has 3 aromatic heterocycles. The molecule has 6 nitrogen and oxygen atoms in total. The summed E-state index contributed by atoms with van der Waals surface area (Å²) in [4.78, 5) is 24.0. The molecule has 0 aromatic carbocycles. The third-order valence-corrected chi connectivity index (χ3v) is 5.44. The van der Waals surface area contributed by atoms with Gasteiger partial charge in [-0.1, -0.05) is 6.07 Å². The van der Waals surface area contributed by atoms with Crippen molar-refractivity contribution >= 4 is 35.3 Å². The average Bonchev–Trinajstić information content (AvgIpc) is 3.34. The Bertz CT molecular complexity index is 900. The third-order valence-electron chi connectivity index (χ3n) is 4.58. The Kier molecular flexibility index (Phi) is 5.60. The summed E-state index contributed by atoms with van der Waals surface area (Å²) in [5.74, 6) is 0.0139. The first-order valence-electron chi connectivity index (χ1n) is 8.56. The molecule has 0 aliphatic carbocycles. The molecule has 1 amide bonds. The molecule has 1 aliphatic rings. The van der Waals surface area contributed by atoms with Crippen molar-refractivity contribution < 1.29 is 4.79 Å². The van der Waals surface area contributed by atoms with Crippen molar-refractivity contribution in [2.24, 2.45) is 0 Å². The van der Waals surface area contributed by atoms with Gasteiger partial charge in [0.1, 0.15) is 22.0 Å². The van der Waals surface area contributed by atoms with E-state index in [9.17, 15) is 4.79 Å². The molecule has 4 heterocycles. The van der Waals surface area contributed by atoms with Crippen LogP contribution >= 0.6 is 23.7 Å². The average molecular weight is 392 g/mol. The van der Waals surface area contributed by atoms with Gasteiger partial charge in [-0.05, 0) is 38.9 Å². The largest absolute Gasteiger partial charge is 0.331 e. The number of nitrogens with one attached hydrogen (secondary N) is 1. The van der Waals surface area contributed by atoms with E-state index in [2.05, 4.69) is 29.1 Å². The van der Waals surface area contributed by atoms with Crippen LogP contribution in [0.3, 0.4) is 0 Å². The second-order valence-electron chi connectivity index (χ2n) is 6.56. The fourth-order valence-electron chi connectivity index (χ4n) is 3.41. The second-order valence-corrected chi connectivity index (χ2v) is 7.42. The first kappa shape index (κ1) is 18.8. The lowest BCUT2D eigenvalue weighted by Crippen LogP contribution is -2.46. The van der Waals surface area contributed by atoms with Gasteiger partial charge in [0.25, 0.3) is 5.91 Å². The van der Waals surface area contributed by atoms with Crippen molar-refractivity contribution in [1.82, 2.24) is 24.6 Å². The number of hydrogen-bond acceptors (Lipinski definition) is 5. The first-order chi connectivity index (χ1) is 12.1. The molecule has 1 N–H and O–H groups in total. The third kappa shape index (κ3) is 3.34. The van der Waals surface area contributed by atoms with Gasteiger partial charge in [-0.25, -0.2) is 9.97 Å². The molecular weight excluding hydrogens is 370 g/mol. The van der Waals surface area contributed by atoms with Gasteiger partial charge in [-0.15, -0.1) is 23.7 Å². The first-order valence-corrected chi connectivity index (χ1v) is 9.44. The fraction of sp³-hybridized carbons (Fsp3) is 0.389. The van der Waals surface area contributed by atoms with Crippen molar-refractivity contribution in [3.05, 3.63) is 41.7 Å². The Morgan fingerprint density at radius 1 is 1.42 bits per heavy atom. The molecule has 26 heavy (non-hydrogen) atoms. The van der Waals surface area contributed by atoms with Crippen molar-refractivity contribution in [3.63, 3.8) is 0 Å². The van der Waals surface area contributed by atoms with Crippen molar-refractivity contribution in [2.45, 2.75) is 32.4 Å². The van der Waals surface area contributed by atoms with Crippen LogP contribution in [0.5, 0.6) is 0 Å². The normalized spacial score (nSPS) is 16.8. The highest BCUT2D eigenvalue weighted by Crippen LogP contribution is 2.26. The zero-order chi connectivity index (χ0) is 17.4. The van der Waals surface area contributed by atoms with Gasteiger partial charge in [0.2, 0.25) is 0 Å². The Morgan fingerprint density at radius 2 is 2.27 bits per heavy atom. The van der Waals surface area contributed by atoms with Crippen LogP contribution in [0.15, 0.2) is 36.0 Å². The minimum atomic E-state index is 0. The van der Waals surface area contributed by atoms with E-state index >= 15 is 0 Å². The summed E-state index contributed by atoms with van der Waals surface area (Å²) in [5.41, 5.74) is 2.31. The highest BCUT2D eigenvalue weighted by atomic mass is 35.5. The van der Waals surface area contributed by atoms with Gasteiger partial charge in [-0.2, -0.15) is 0 Å². The fourth-order valence-corrected chi connectivity index (χ4v) is 4.21. The van der Waals surface area contributed by atoms with Crippen molar-refractivity contribution in [1.29, 1.82) is 0 Å². The Hall–Kier alpha value is -1.96. The van der Waals surface area contributed by atoms with Gasteiger partial charge in [0.05, 0.1) is 6.20 Å². The second kappa shape index (κ2) is 7.73. The molecule has 1 aliphatic heterocycles. The van der Waals surface area contributed by atoms with Crippen LogP contribution in [0.1, 0.15) is 30.8 Å². The Balaban J connectivity index is 0.00000196. The zero-order valence-electron chi connectivity index (χ0n) is 14.8. The number of nitrogens with zero attached hydrogens (tertiary/aromatic N) is 4. The predicted molar refractivity (Wildman–Crippen MR) is 106 cm³/mol. The molecule has 138 valence electrons. The maximum Gasteiger partial charge on any atom is 0.273 e. The van der Waals surface area contributed by atoms with Crippen LogP contribution < -0.4 is 5.32 Å². The highest BCUT2D eigenvalue weighted by molar-refractivity contribution is 7.13. The number of amides is 1. The van der Waals surface area contributed by atoms with E-state index in [0.717, 1.165) is 35.9 Å². The predicted octanol–water partition coefficient (Wildman–Crippen LogP) is 3.09. The van der Waals surface area contributed by atoms with E-state index in [1.165, 1.54) is 11.3 Å². The lowest BCUT2D eigenvalue weighted by molar-refractivity contribution is 0.0621. The maximum absolute atomic E-state index is 13.0. The molecule has 8 heteroatoms. The number of halogens is 1. The van der Waals surface area contributed by atoms with Gasteiger partial charge >= 0.3 is 0 Å². The van der Waals surface area contributed by atoms with E-state index in [4.69, 9.17) is 0 Å². The van der Waals surface area contributed by atoms with Gasteiger partial charge in [-0.3, -0.25) is 9.20 Å². The summed E-state index contributed by atoms with van der Waals surface area (Å²) in [5, 5.41) is 6.01. The number of pyridine rings is 1. The smallest absolute Gasteiger partial charge is 0.273 e. The molecule has 3 aromatic rings. The van der Waals surface area contributed by atoms with E-state index < -0.39 is 0 Å². The monoisotopic (exact) mass is 391 g/mol. The Labute approximate surface area is 162 Å². The van der Waals surface area contributed by atoms with Crippen molar-refractivity contribution in [3.8, 4) is 10.7 Å². The van der Waals surface area contributed by atoms with Crippen LogP contribution in [0.25, 0.3) is 16.3 Å². The number of carbonyl (C=O) groups is 1. The van der Waals surface area contributed by atoms with Crippen LogP contribution in [0.4, 0.5) is 0 Å². The molecule has 0 spiro atoms. The summed E-state index contributed by atoms with van der Waals surface area (Å²) in [6.07, 6.45) is 4.77. The topological polar surface area (TPSA) is 62.5 Å². The summed E-state index contributed by atoms with van der Waals surface area (Å²) in [7, 11) is 0. The van der Waals surface area contributed by atoms with E-state index in [1.807, 2.05) is 45.3 Å². The number of carbonyl (C=O) groups excluding carboxylic acids is 1. The van der Waals surface area contributed by atoms with Gasteiger partial charge in [0, 0.05) is 30.2 Å². The van der Waals surface area contributed by atoms with Crippen molar-refractivity contribution in [2.75, 3.05) is 13.1 Å². The standard InChI is InChI=1S/C18H21N5OS.ClH/c1-12(2)23(13-6-7-19-9-13)18(24)14-11-25-17(21-14)15-10-20-16-5-3-4-8-22(15)16;/h3-5,8,10-13,19H,6-7,9H2,1-2H3;1H/t13-;/m0./s1. The molecule has 0 bridgehead atoms. The molecule has 1 fully saturated rings. The lowest BCUT2D eigenvalue weighted by Gasteiger charge is -2.31. The molecule has 0 unspecified atom stereocenters. The summed E-state index contributed by atoms with van der Waals surface area (Å²) < 4.78 is 1.99. The number of fused-ring (bicyclic) bond motifs is 1. The number of aromatic nitrogens is 3. The number of hydrogen-bond donors (Lipinski definition) is 1. The van der Waals surface area contributed by atoms with Crippen LogP contribution in [0.2, 0.25) is 0 Å². The number of imidazole rings is 1. The van der Waals surface area contributed by atoms with Gasteiger partial charge in [0.15, 0.2) is 0 Å². The molecule has 0 radical (unpaired) electrons. The number of rotatable bonds is 4. The van der Waals surface area contributed by atoms with E-state index in [-0.39, 0.29) is 30.4 Å². The van der Waals surface area contributed by atoms with Crippen LogP contribution in [-0.4, -0.2) is 50.3 Å². The summed E-state index contributed by atoms with van der Waals surface area (Å²) in [6, 6.07) is 6.27. The minimum absolute atomic E-state index is 0. The summed E-state index contributed by atoms with van der Waals surface area (Å²) >= 11 is 1.49. The lowest BCUT2D eigenvalue weighted by atomic mass is 10.1. The molecule has 4 rings (SSSR count). The number of thiazole rings is 1. The molecule has 1 saturated heterocycles. The molecule has 0 saturated carbocycles. The molecular formula is C18H22ClN5OS. The van der Waals surface area contributed by atoms with E-state index in [1.54, 1.807) is 0 Å². The van der Waals surface area contributed by atoms with Crippen LogP contribution in [0, 0.1) is 0 Å². The molecule has 1 atom stereocenters. The maximum atomic E-state index is 13.0. The summed E-state index contributed by atoms with van der Waals surface area (Å²) in [6.45, 7) is 5.95.